The lowest BCUT2D eigenvalue weighted by atomic mass is 9.89. The summed E-state index contributed by atoms with van der Waals surface area (Å²) in [7, 11) is 0. The van der Waals surface area contributed by atoms with Crippen LogP contribution in [0.25, 0.3) is 11.3 Å². The van der Waals surface area contributed by atoms with Gasteiger partial charge in [-0.1, -0.05) is 128 Å². The number of hydrogen-bond acceptors (Lipinski definition) is 8. The minimum absolute atomic E-state index is 0.0404. The normalized spacial score (nSPS) is 15.5. The number of unbranched alkanes of at least 4 members (excludes halogenated alkanes) is 2. The average molecular weight is 670 g/mol. The summed E-state index contributed by atoms with van der Waals surface area (Å²) in [5.41, 5.74) is 3.67. The van der Waals surface area contributed by atoms with Crippen molar-refractivity contribution in [2.45, 2.75) is 126 Å². The number of thiazole rings is 1. The quantitative estimate of drug-likeness (QED) is 0.142. The number of fused-ring (bicyclic) bond motifs is 1. The Hall–Kier alpha value is -3.64. The van der Waals surface area contributed by atoms with Gasteiger partial charge in [-0.05, 0) is 44.9 Å². The molecule has 3 aromatic rings. The third-order valence-electron chi connectivity index (χ3n) is 10.0. The summed E-state index contributed by atoms with van der Waals surface area (Å²) in [5, 5.41) is 16.4. The first-order valence-electron chi connectivity index (χ1n) is 18.1. The Kier molecular flexibility index (Phi) is 12.9. The fraction of sp³-hybridized carbons (Fsp3) is 0.590. The first-order valence-corrected chi connectivity index (χ1v) is 18.9. The Morgan fingerprint density at radius 3 is 2.08 bits per heavy atom. The van der Waals surface area contributed by atoms with E-state index < -0.39 is 5.91 Å². The van der Waals surface area contributed by atoms with Crippen LogP contribution in [-0.4, -0.2) is 44.5 Å². The maximum Gasteiger partial charge on any atom is 0.291 e. The zero-order chi connectivity index (χ0) is 35.0. The van der Waals surface area contributed by atoms with Gasteiger partial charge in [-0.3, -0.25) is 4.79 Å². The lowest BCUT2D eigenvalue weighted by molar-refractivity contribution is 0.0941. The fourth-order valence-corrected chi connectivity index (χ4v) is 7.06. The Morgan fingerprint density at radius 2 is 1.56 bits per heavy atom. The average Bonchev–Trinajstić information content (AvgIpc) is 3.73. The lowest BCUT2D eigenvalue weighted by Gasteiger charge is -2.30. The van der Waals surface area contributed by atoms with Crippen molar-refractivity contribution >= 4 is 33.1 Å². The third-order valence-corrected chi connectivity index (χ3v) is 11.0. The third kappa shape index (κ3) is 8.31. The van der Waals surface area contributed by atoms with E-state index in [0.29, 0.717) is 34.8 Å². The van der Waals surface area contributed by atoms with Crippen LogP contribution in [0.3, 0.4) is 0 Å². The van der Waals surface area contributed by atoms with E-state index in [1.165, 1.54) is 48.8 Å². The van der Waals surface area contributed by atoms with Gasteiger partial charge in [0.15, 0.2) is 16.8 Å². The predicted octanol–water partition coefficient (Wildman–Crippen LogP) is 10.3. The van der Waals surface area contributed by atoms with Crippen molar-refractivity contribution in [2.75, 3.05) is 18.0 Å². The second-order valence-corrected chi connectivity index (χ2v) is 15.0. The number of aryl methyl sites for hydroxylation is 1. The molecular formula is C39H55N7OS. The van der Waals surface area contributed by atoms with Crippen LogP contribution in [0.4, 0.5) is 10.1 Å². The van der Waals surface area contributed by atoms with Gasteiger partial charge in [0.1, 0.15) is 28.0 Å². The van der Waals surface area contributed by atoms with E-state index in [0.717, 1.165) is 53.7 Å². The lowest BCUT2D eigenvalue weighted by Crippen LogP contribution is -2.34. The van der Waals surface area contributed by atoms with E-state index in [9.17, 15) is 10.1 Å². The van der Waals surface area contributed by atoms with Crippen molar-refractivity contribution < 1.29 is 4.79 Å². The molecule has 4 rings (SSSR count). The fourth-order valence-electron chi connectivity index (χ4n) is 6.07. The summed E-state index contributed by atoms with van der Waals surface area (Å²) < 4.78 is 1.27. The number of nitriles is 1. The number of allylic oxidation sites excluding steroid dienone is 2. The maximum absolute atomic E-state index is 13.4. The molecule has 0 spiro atoms. The molecule has 0 N–H and O–H groups in total. The number of aliphatic imine (C=N–C) groups is 1. The van der Waals surface area contributed by atoms with Crippen molar-refractivity contribution in [1.82, 2.24) is 19.7 Å². The van der Waals surface area contributed by atoms with E-state index in [4.69, 9.17) is 15.0 Å². The number of rotatable bonds is 17. The van der Waals surface area contributed by atoms with Crippen LogP contribution in [0.5, 0.6) is 0 Å². The molecule has 1 aromatic carbocycles. The number of benzene rings is 1. The first kappa shape index (κ1) is 37.2. The van der Waals surface area contributed by atoms with E-state index in [-0.39, 0.29) is 11.0 Å². The van der Waals surface area contributed by atoms with Gasteiger partial charge in [0, 0.05) is 29.6 Å². The number of carbonyl (C=O) groups excluding carboxylic acids is 1. The van der Waals surface area contributed by atoms with Crippen LogP contribution in [-0.2, 0) is 5.41 Å². The molecule has 1 aliphatic rings. The van der Waals surface area contributed by atoms with E-state index in [1.54, 1.807) is 18.3 Å². The standard InChI is InChI=1S/C39H55N7OS/c1-10-15-17-28(12-3)24-45(25-29(13-4)18-16-11-2)38-42-33(30-21-19-26(6)20-22-30)35(48-38)41-32-27(7)31(23-40)36(47)46-34(32)43-37(44-46)39(8,9)14-5/h19-22,28-29H,10-18,24-25H2,1-9H3. The Balaban J connectivity index is 1.92. The monoisotopic (exact) mass is 669 g/mol. The predicted molar refractivity (Wildman–Crippen MR) is 200 cm³/mol. The maximum atomic E-state index is 13.4. The molecule has 258 valence electrons. The van der Waals surface area contributed by atoms with Crippen molar-refractivity contribution in [3.8, 4) is 17.3 Å². The van der Waals surface area contributed by atoms with Crippen LogP contribution in [0, 0.1) is 30.1 Å². The minimum Gasteiger partial charge on any atom is -0.347 e. The Morgan fingerprint density at radius 1 is 0.958 bits per heavy atom. The van der Waals surface area contributed by atoms with Crippen molar-refractivity contribution in [3.05, 3.63) is 52.6 Å². The molecule has 8 nitrogen and oxygen atoms in total. The number of anilines is 1. The Labute approximate surface area is 292 Å². The molecule has 3 heterocycles. The molecule has 2 aromatic heterocycles. The SMILES string of the molecule is CCCCC(CC)CN(CC(CC)CCCC)c1nc(-c2ccc(C)cc2)c(N=C2C(C)=C(C#N)C(=O)n3nc(C(C)(C)CC)nc32)s1. The molecule has 0 fully saturated rings. The van der Waals surface area contributed by atoms with Gasteiger partial charge >= 0.3 is 0 Å². The van der Waals surface area contributed by atoms with Crippen LogP contribution in [0.1, 0.15) is 135 Å². The summed E-state index contributed by atoms with van der Waals surface area (Å²) in [4.78, 5) is 31.4. The van der Waals surface area contributed by atoms with E-state index in [2.05, 4.69) is 95.7 Å². The van der Waals surface area contributed by atoms with Crippen LogP contribution < -0.4 is 4.90 Å². The highest BCUT2D eigenvalue weighted by Crippen LogP contribution is 2.42. The van der Waals surface area contributed by atoms with Crippen LogP contribution >= 0.6 is 11.3 Å². The zero-order valence-corrected chi connectivity index (χ0v) is 31.5. The number of nitrogens with zero attached hydrogens (tertiary/aromatic N) is 7. The van der Waals surface area contributed by atoms with Gasteiger partial charge in [0.25, 0.3) is 5.91 Å². The second kappa shape index (κ2) is 16.6. The molecule has 0 aliphatic carbocycles. The van der Waals surface area contributed by atoms with Gasteiger partial charge in [0.05, 0.1) is 0 Å². The highest BCUT2D eigenvalue weighted by molar-refractivity contribution is 7.19. The second-order valence-electron chi connectivity index (χ2n) is 14.0. The van der Waals surface area contributed by atoms with Gasteiger partial charge in [-0.15, -0.1) is 5.10 Å². The molecule has 0 radical (unpaired) electrons. The highest BCUT2D eigenvalue weighted by Gasteiger charge is 2.35. The molecule has 0 bridgehead atoms. The van der Waals surface area contributed by atoms with Crippen molar-refractivity contribution in [2.24, 2.45) is 16.8 Å². The molecule has 2 atom stereocenters. The topological polar surface area (TPSA) is 100 Å². The molecular weight excluding hydrogens is 615 g/mol. The van der Waals surface area contributed by atoms with Gasteiger partial charge < -0.3 is 4.90 Å². The van der Waals surface area contributed by atoms with Gasteiger partial charge in [-0.2, -0.15) is 9.94 Å². The van der Waals surface area contributed by atoms with Gasteiger partial charge in [-0.25, -0.2) is 15.0 Å². The van der Waals surface area contributed by atoms with Gasteiger partial charge in [0.2, 0.25) is 0 Å². The summed E-state index contributed by atoms with van der Waals surface area (Å²) >= 11 is 1.60. The van der Waals surface area contributed by atoms with Crippen molar-refractivity contribution in [1.29, 1.82) is 5.26 Å². The Bertz CT molecular complexity index is 1640. The molecule has 9 heteroatoms. The minimum atomic E-state index is -0.458. The summed E-state index contributed by atoms with van der Waals surface area (Å²) in [6.45, 7) is 21.2. The van der Waals surface area contributed by atoms with Crippen LogP contribution in [0.15, 0.2) is 40.4 Å². The highest BCUT2D eigenvalue weighted by atomic mass is 32.1. The van der Waals surface area contributed by atoms with E-state index >= 15 is 0 Å². The largest absolute Gasteiger partial charge is 0.347 e. The smallest absolute Gasteiger partial charge is 0.291 e. The number of carbonyl (C=O) groups is 1. The molecule has 0 saturated carbocycles. The summed E-state index contributed by atoms with van der Waals surface area (Å²) in [6.07, 6.45) is 10.3. The zero-order valence-electron chi connectivity index (χ0n) is 30.7. The number of hydrogen-bond donors (Lipinski definition) is 0. The summed E-state index contributed by atoms with van der Waals surface area (Å²) in [5.74, 6) is 1.66. The molecule has 0 amide bonds. The van der Waals surface area contributed by atoms with E-state index in [1.807, 2.05) is 0 Å². The number of aromatic nitrogens is 4. The van der Waals surface area contributed by atoms with Crippen LogP contribution in [0.2, 0.25) is 0 Å². The molecule has 48 heavy (non-hydrogen) atoms. The summed E-state index contributed by atoms with van der Waals surface area (Å²) in [6, 6.07) is 10.5. The van der Waals surface area contributed by atoms with Crippen molar-refractivity contribution in [3.63, 3.8) is 0 Å². The molecule has 1 aliphatic heterocycles. The molecule has 2 unspecified atom stereocenters. The first-order chi connectivity index (χ1) is 23.0. The molecule has 0 saturated heterocycles.